The van der Waals surface area contributed by atoms with Gasteiger partial charge < -0.3 is 14.5 Å². The molecule has 3 heterocycles. The van der Waals surface area contributed by atoms with Crippen LogP contribution in [0.25, 0.3) is 22.6 Å². The van der Waals surface area contributed by atoms with Crippen molar-refractivity contribution >= 4 is 29.1 Å². The van der Waals surface area contributed by atoms with Gasteiger partial charge in [-0.3, -0.25) is 0 Å². The fourth-order valence-corrected chi connectivity index (χ4v) is 3.55. The molecule has 0 aliphatic carbocycles. The first-order valence-corrected chi connectivity index (χ1v) is 10.5. The summed E-state index contributed by atoms with van der Waals surface area (Å²) in [6.45, 7) is 0. The van der Waals surface area contributed by atoms with Crippen LogP contribution in [0.15, 0.2) is 70.2 Å². The SMILES string of the molecule is CSc1nnc2c(n1)O[C@H](c1ccc(-c3ccc(Cl)cc3)o1)Nc1ccccc1-2. The molecule has 29 heavy (non-hydrogen) atoms. The number of benzene rings is 2. The lowest BCUT2D eigenvalue weighted by atomic mass is 10.1. The van der Waals surface area contributed by atoms with Crippen LogP contribution in [0.5, 0.6) is 5.88 Å². The highest BCUT2D eigenvalue weighted by atomic mass is 35.5. The molecule has 0 spiro atoms. The van der Waals surface area contributed by atoms with Crippen LogP contribution in [-0.4, -0.2) is 21.4 Å². The van der Waals surface area contributed by atoms with E-state index in [-0.39, 0.29) is 0 Å². The third kappa shape index (κ3) is 3.43. The van der Waals surface area contributed by atoms with Crippen molar-refractivity contribution < 1.29 is 9.15 Å². The number of thioether (sulfide) groups is 1. The van der Waals surface area contributed by atoms with E-state index in [1.807, 2.05) is 66.9 Å². The van der Waals surface area contributed by atoms with Crippen molar-refractivity contribution in [3.05, 3.63) is 71.4 Å². The molecular formula is C21H15ClN4O2S. The predicted molar refractivity (Wildman–Crippen MR) is 113 cm³/mol. The molecule has 5 rings (SSSR count). The Labute approximate surface area is 176 Å². The Morgan fingerprint density at radius 1 is 1.00 bits per heavy atom. The van der Waals surface area contributed by atoms with Gasteiger partial charge in [-0.15, -0.1) is 10.2 Å². The van der Waals surface area contributed by atoms with E-state index in [4.69, 9.17) is 20.8 Å². The summed E-state index contributed by atoms with van der Waals surface area (Å²) in [6.07, 6.45) is 1.33. The molecule has 2 aromatic carbocycles. The average molecular weight is 423 g/mol. The molecule has 0 saturated carbocycles. The average Bonchev–Trinajstić information content (AvgIpc) is 3.18. The first-order chi connectivity index (χ1) is 14.2. The number of hydrogen-bond acceptors (Lipinski definition) is 7. The number of aromatic nitrogens is 3. The first-order valence-electron chi connectivity index (χ1n) is 8.88. The Bertz CT molecular complexity index is 1180. The second kappa shape index (κ2) is 7.42. The summed E-state index contributed by atoms with van der Waals surface area (Å²) in [5.41, 5.74) is 3.28. The Morgan fingerprint density at radius 3 is 2.66 bits per heavy atom. The maximum atomic E-state index is 6.18. The number of nitrogens with zero attached hydrogens (tertiary/aromatic N) is 3. The predicted octanol–water partition coefficient (Wildman–Crippen LogP) is 5.68. The van der Waals surface area contributed by atoms with Crippen LogP contribution < -0.4 is 10.1 Å². The summed E-state index contributed by atoms with van der Waals surface area (Å²) in [7, 11) is 0. The van der Waals surface area contributed by atoms with Gasteiger partial charge in [-0.25, -0.2) is 0 Å². The molecule has 6 nitrogen and oxygen atoms in total. The lowest BCUT2D eigenvalue weighted by molar-refractivity contribution is 0.196. The van der Waals surface area contributed by atoms with Crippen LogP contribution in [0.2, 0.25) is 5.02 Å². The zero-order valence-corrected chi connectivity index (χ0v) is 16.9. The van der Waals surface area contributed by atoms with Crippen molar-refractivity contribution in [2.75, 3.05) is 11.6 Å². The fraction of sp³-hybridized carbons (Fsp3) is 0.0952. The molecule has 1 aliphatic heterocycles. The Kier molecular flexibility index (Phi) is 4.61. The molecular weight excluding hydrogens is 408 g/mol. The Morgan fingerprint density at radius 2 is 1.83 bits per heavy atom. The molecule has 4 aromatic rings. The quantitative estimate of drug-likeness (QED) is 0.426. The Hall–Kier alpha value is -3.03. The molecule has 144 valence electrons. The molecule has 1 N–H and O–H groups in total. The number of halogens is 1. The zero-order valence-electron chi connectivity index (χ0n) is 15.3. The van der Waals surface area contributed by atoms with Gasteiger partial charge in [-0.05, 0) is 48.7 Å². The number of hydrogen-bond donors (Lipinski definition) is 1. The standard InChI is InChI=1S/C21H15ClN4O2S/c1-29-21-24-20-18(25-26-21)14-4-2-3-5-15(14)23-19(28-20)17-11-10-16(27-17)12-6-8-13(22)9-7-12/h2-11,19,23H,1H3/t19-/m1/s1. The molecule has 0 fully saturated rings. The van der Waals surface area contributed by atoms with Crippen LogP contribution >= 0.6 is 23.4 Å². The van der Waals surface area contributed by atoms with Crippen LogP contribution in [0, 0.1) is 0 Å². The highest BCUT2D eigenvalue weighted by molar-refractivity contribution is 7.98. The number of anilines is 1. The van der Waals surface area contributed by atoms with E-state index in [9.17, 15) is 0 Å². The van der Waals surface area contributed by atoms with Gasteiger partial charge in [0.2, 0.25) is 17.3 Å². The molecule has 2 aromatic heterocycles. The number of furan rings is 1. The van der Waals surface area contributed by atoms with E-state index in [2.05, 4.69) is 20.5 Å². The molecule has 1 atom stereocenters. The summed E-state index contributed by atoms with van der Waals surface area (Å²) in [5, 5.41) is 13.1. The number of fused-ring (bicyclic) bond motifs is 3. The van der Waals surface area contributed by atoms with Gasteiger partial charge in [0, 0.05) is 21.8 Å². The van der Waals surface area contributed by atoms with Gasteiger partial charge in [0.15, 0.2) is 11.5 Å². The maximum absolute atomic E-state index is 6.18. The van der Waals surface area contributed by atoms with Crippen molar-refractivity contribution in [3.63, 3.8) is 0 Å². The smallest absolute Gasteiger partial charge is 0.247 e. The lowest BCUT2D eigenvalue weighted by Gasteiger charge is -2.16. The monoisotopic (exact) mass is 422 g/mol. The highest BCUT2D eigenvalue weighted by Crippen LogP contribution is 2.40. The summed E-state index contributed by atoms with van der Waals surface area (Å²) in [4.78, 5) is 4.51. The molecule has 0 amide bonds. The van der Waals surface area contributed by atoms with Crippen molar-refractivity contribution in [2.45, 2.75) is 11.4 Å². The second-order valence-electron chi connectivity index (χ2n) is 6.35. The zero-order chi connectivity index (χ0) is 19.8. The van der Waals surface area contributed by atoms with Crippen molar-refractivity contribution in [3.8, 4) is 28.5 Å². The number of ether oxygens (including phenoxy) is 1. The molecule has 1 aliphatic rings. The third-order valence-corrected chi connectivity index (χ3v) is 5.32. The molecule has 0 unspecified atom stereocenters. The van der Waals surface area contributed by atoms with E-state index < -0.39 is 6.23 Å². The normalized spacial score (nSPS) is 14.9. The third-order valence-electron chi connectivity index (χ3n) is 4.53. The van der Waals surface area contributed by atoms with E-state index in [0.717, 1.165) is 22.6 Å². The number of nitrogens with one attached hydrogen (secondary N) is 1. The molecule has 0 bridgehead atoms. The van der Waals surface area contributed by atoms with Crippen LogP contribution in [0.1, 0.15) is 12.0 Å². The van der Waals surface area contributed by atoms with Gasteiger partial charge in [-0.2, -0.15) is 4.98 Å². The fourth-order valence-electron chi connectivity index (χ4n) is 3.13. The number of rotatable bonds is 3. The topological polar surface area (TPSA) is 73.1 Å². The molecule has 0 radical (unpaired) electrons. The van der Waals surface area contributed by atoms with Crippen molar-refractivity contribution in [2.24, 2.45) is 0 Å². The summed E-state index contributed by atoms with van der Waals surface area (Å²) >= 11 is 7.39. The summed E-state index contributed by atoms with van der Waals surface area (Å²) in [5.74, 6) is 1.77. The molecule has 0 saturated heterocycles. The van der Waals surface area contributed by atoms with E-state index in [1.54, 1.807) is 0 Å². The van der Waals surface area contributed by atoms with Gasteiger partial charge in [0.05, 0.1) is 0 Å². The van der Waals surface area contributed by atoms with Gasteiger partial charge >= 0.3 is 0 Å². The minimum absolute atomic E-state index is 0.413. The van der Waals surface area contributed by atoms with Gasteiger partial charge in [0.1, 0.15) is 5.76 Å². The second-order valence-corrected chi connectivity index (χ2v) is 7.56. The van der Waals surface area contributed by atoms with E-state index >= 15 is 0 Å². The summed E-state index contributed by atoms with van der Waals surface area (Å²) in [6, 6.07) is 19.1. The Balaban J connectivity index is 1.56. The van der Waals surface area contributed by atoms with Gasteiger partial charge in [0.25, 0.3) is 0 Å². The number of para-hydroxylation sites is 1. The van der Waals surface area contributed by atoms with Crippen molar-refractivity contribution in [1.82, 2.24) is 15.2 Å². The first kappa shape index (κ1) is 18.0. The van der Waals surface area contributed by atoms with Gasteiger partial charge in [-0.1, -0.05) is 41.6 Å². The lowest BCUT2D eigenvalue weighted by Crippen LogP contribution is -2.16. The molecule has 8 heteroatoms. The highest BCUT2D eigenvalue weighted by Gasteiger charge is 2.27. The minimum atomic E-state index is -0.565. The van der Waals surface area contributed by atoms with Crippen LogP contribution in [0.4, 0.5) is 5.69 Å². The van der Waals surface area contributed by atoms with Crippen LogP contribution in [0.3, 0.4) is 0 Å². The van der Waals surface area contributed by atoms with E-state index in [0.29, 0.717) is 27.5 Å². The minimum Gasteiger partial charge on any atom is -0.455 e. The summed E-state index contributed by atoms with van der Waals surface area (Å²) < 4.78 is 12.3. The van der Waals surface area contributed by atoms with E-state index in [1.165, 1.54) is 11.8 Å². The van der Waals surface area contributed by atoms with Crippen LogP contribution in [-0.2, 0) is 0 Å². The largest absolute Gasteiger partial charge is 0.455 e. The van der Waals surface area contributed by atoms with Crippen molar-refractivity contribution in [1.29, 1.82) is 0 Å². The maximum Gasteiger partial charge on any atom is 0.247 e.